The van der Waals surface area contributed by atoms with E-state index >= 15 is 0 Å². The van der Waals surface area contributed by atoms with Crippen LogP contribution >= 0.6 is 0 Å². The van der Waals surface area contributed by atoms with E-state index in [1.54, 1.807) is 23.1 Å². The van der Waals surface area contributed by atoms with Crippen LogP contribution in [0.25, 0.3) is 0 Å². The van der Waals surface area contributed by atoms with Gasteiger partial charge in [-0.05, 0) is 61.4 Å². The number of nitro benzene ring substituents is 1. The molecule has 1 aliphatic heterocycles. The van der Waals surface area contributed by atoms with Crippen LogP contribution in [0.1, 0.15) is 59.5 Å². The second-order valence-corrected chi connectivity index (χ2v) is 10.7. The van der Waals surface area contributed by atoms with E-state index in [9.17, 15) is 19.7 Å². The minimum Gasteiger partial charge on any atom is -0.445 e. The van der Waals surface area contributed by atoms with E-state index in [2.05, 4.69) is 35.7 Å². The average molecular weight is 570 g/mol. The second kappa shape index (κ2) is 15.6. The Hall–Kier alpha value is -4.30. The Morgan fingerprint density at radius 3 is 2.24 bits per heavy atom. The van der Waals surface area contributed by atoms with Crippen LogP contribution in [-0.2, 0) is 11.3 Å². The molecule has 3 aromatic carbocycles. The molecule has 0 radical (unpaired) electrons. The van der Waals surface area contributed by atoms with Crippen molar-refractivity contribution in [1.82, 2.24) is 9.80 Å². The zero-order chi connectivity index (χ0) is 29.7. The molecule has 3 aromatic rings. The smallest absolute Gasteiger partial charge is 0.410 e. The number of ketones is 1. The number of piperidine rings is 1. The number of Topliss-reactive ketones (excluding diaryl/α,β-unsaturated/α-hetero) is 1. The fraction of sp³-hybridized carbons (Fsp3) is 0.353. The van der Waals surface area contributed by atoms with Crippen LogP contribution in [-0.4, -0.2) is 58.8 Å². The third-order valence-corrected chi connectivity index (χ3v) is 7.95. The van der Waals surface area contributed by atoms with Gasteiger partial charge in [-0.15, -0.1) is 6.58 Å². The third kappa shape index (κ3) is 8.85. The van der Waals surface area contributed by atoms with Crippen molar-refractivity contribution >= 4 is 17.6 Å². The molecular weight excluding hydrogens is 530 g/mol. The lowest BCUT2D eigenvalue weighted by Gasteiger charge is -2.38. The van der Waals surface area contributed by atoms with Gasteiger partial charge in [0, 0.05) is 49.8 Å². The molecule has 0 bridgehead atoms. The number of rotatable bonds is 14. The van der Waals surface area contributed by atoms with E-state index in [-0.39, 0.29) is 24.1 Å². The van der Waals surface area contributed by atoms with Crippen molar-refractivity contribution in [2.24, 2.45) is 0 Å². The first-order chi connectivity index (χ1) is 20.4. The first kappa shape index (κ1) is 30.7. The summed E-state index contributed by atoms with van der Waals surface area (Å²) in [5.41, 5.74) is 2.73. The SMILES string of the molecule is C=CCN(C(=O)OCc1ccc([N+](=O)[O-])cc1)C1CCN(CCC(CCC(=O)c2ccccc2)c2ccccc2)CC1. The predicted molar refractivity (Wildman–Crippen MR) is 163 cm³/mol. The van der Waals surface area contributed by atoms with E-state index in [0.717, 1.165) is 50.9 Å². The quantitative estimate of drug-likeness (QED) is 0.0896. The lowest BCUT2D eigenvalue weighted by molar-refractivity contribution is -0.384. The van der Waals surface area contributed by atoms with Crippen LogP contribution in [0.4, 0.5) is 10.5 Å². The molecule has 8 nitrogen and oxygen atoms in total. The lowest BCUT2D eigenvalue weighted by atomic mass is 9.89. The van der Waals surface area contributed by atoms with E-state index in [1.807, 2.05) is 36.4 Å². The Balaban J connectivity index is 1.27. The number of non-ortho nitro benzene ring substituents is 1. The number of likely N-dealkylation sites (tertiary alicyclic amines) is 1. The number of hydrogen-bond donors (Lipinski definition) is 0. The van der Waals surface area contributed by atoms with Crippen LogP contribution in [0.3, 0.4) is 0 Å². The van der Waals surface area contributed by atoms with Crippen molar-refractivity contribution in [3.8, 4) is 0 Å². The maximum atomic E-state index is 13.0. The number of nitrogens with zero attached hydrogens (tertiary/aromatic N) is 3. The normalized spacial score (nSPS) is 14.6. The Morgan fingerprint density at radius 2 is 1.62 bits per heavy atom. The molecule has 1 amide bonds. The molecular formula is C34H39N3O5. The number of hydrogen-bond acceptors (Lipinski definition) is 6. The van der Waals surface area contributed by atoms with Gasteiger partial charge in [-0.25, -0.2) is 4.79 Å². The number of ether oxygens (including phenoxy) is 1. The van der Waals surface area contributed by atoms with Gasteiger partial charge in [-0.2, -0.15) is 0 Å². The zero-order valence-corrected chi connectivity index (χ0v) is 24.0. The molecule has 42 heavy (non-hydrogen) atoms. The van der Waals surface area contributed by atoms with Gasteiger partial charge in [-0.3, -0.25) is 14.9 Å². The van der Waals surface area contributed by atoms with Crippen molar-refractivity contribution in [1.29, 1.82) is 0 Å². The van der Waals surface area contributed by atoms with Gasteiger partial charge in [0.05, 0.1) is 4.92 Å². The molecule has 4 rings (SSSR count). The minimum atomic E-state index is -0.456. The number of nitro groups is 1. The molecule has 0 aliphatic carbocycles. The molecule has 0 N–H and O–H groups in total. The summed E-state index contributed by atoms with van der Waals surface area (Å²) in [6, 6.07) is 26.0. The average Bonchev–Trinajstić information content (AvgIpc) is 3.03. The summed E-state index contributed by atoms with van der Waals surface area (Å²) >= 11 is 0. The lowest BCUT2D eigenvalue weighted by Crippen LogP contribution is -2.47. The van der Waals surface area contributed by atoms with E-state index in [4.69, 9.17) is 4.74 Å². The molecule has 1 atom stereocenters. The zero-order valence-electron chi connectivity index (χ0n) is 24.0. The van der Waals surface area contributed by atoms with Gasteiger partial charge in [0.1, 0.15) is 6.61 Å². The van der Waals surface area contributed by atoms with Crippen LogP contribution < -0.4 is 0 Å². The summed E-state index contributed by atoms with van der Waals surface area (Å²) in [4.78, 5) is 40.3. The highest BCUT2D eigenvalue weighted by atomic mass is 16.6. The first-order valence-corrected chi connectivity index (χ1v) is 14.6. The minimum absolute atomic E-state index is 0.000817. The molecule has 8 heteroatoms. The standard InChI is InChI=1S/C34H39N3O5/c1-2-22-36(34(39)42-26-27-13-16-32(17-14-27)37(40)41)31-20-24-35(25-21-31)23-19-29(28-9-5-3-6-10-28)15-18-33(38)30-11-7-4-8-12-30/h2-14,16-17,29,31H,1,15,18-26H2. The molecule has 220 valence electrons. The monoisotopic (exact) mass is 569 g/mol. The summed E-state index contributed by atoms with van der Waals surface area (Å²) < 4.78 is 5.56. The van der Waals surface area contributed by atoms with Gasteiger partial charge in [0.15, 0.2) is 5.78 Å². The van der Waals surface area contributed by atoms with Crippen LogP contribution in [0, 0.1) is 10.1 Å². The Morgan fingerprint density at radius 1 is 0.976 bits per heavy atom. The van der Waals surface area contributed by atoms with Crippen molar-refractivity contribution < 1.29 is 19.2 Å². The topological polar surface area (TPSA) is 93.0 Å². The summed E-state index contributed by atoms with van der Waals surface area (Å²) in [6.45, 7) is 6.94. The maximum Gasteiger partial charge on any atom is 0.410 e. The first-order valence-electron chi connectivity index (χ1n) is 14.6. The van der Waals surface area contributed by atoms with E-state index < -0.39 is 11.0 Å². The number of carbonyl (C=O) groups excluding carboxylic acids is 2. The largest absolute Gasteiger partial charge is 0.445 e. The highest BCUT2D eigenvalue weighted by Crippen LogP contribution is 2.27. The van der Waals surface area contributed by atoms with E-state index in [1.165, 1.54) is 17.7 Å². The summed E-state index contributed by atoms with van der Waals surface area (Å²) in [7, 11) is 0. The fourth-order valence-corrected chi connectivity index (χ4v) is 5.52. The molecule has 1 unspecified atom stereocenters. The molecule has 1 aliphatic rings. The van der Waals surface area contributed by atoms with Gasteiger partial charge in [0.25, 0.3) is 5.69 Å². The Bertz CT molecular complexity index is 1310. The van der Waals surface area contributed by atoms with Gasteiger partial charge >= 0.3 is 6.09 Å². The highest BCUT2D eigenvalue weighted by molar-refractivity contribution is 5.96. The van der Waals surface area contributed by atoms with Crippen molar-refractivity contribution in [2.75, 3.05) is 26.2 Å². The summed E-state index contributed by atoms with van der Waals surface area (Å²) in [6.07, 6.45) is 5.27. The van der Waals surface area contributed by atoms with Crippen molar-refractivity contribution in [2.45, 2.75) is 50.7 Å². The maximum absolute atomic E-state index is 13.0. The Labute approximate surface area is 247 Å². The molecule has 1 heterocycles. The highest BCUT2D eigenvalue weighted by Gasteiger charge is 2.28. The second-order valence-electron chi connectivity index (χ2n) is 10.7. The molecule has 1 fully saturated rings. The fourth-order valence-electron chi connectivity index (χ4n) is 5.52. The number of benzene rings is 3. The summed E-state index contributed by atoms with van der Waals surface area (Å²) in [5.74, 6) is 0.475. The number of carbonyl (C=O) groups is 2. The van der Waals surface area contributed by atoms with Crippen molar-refractivity contribution in [3.63, 3.8) is 0 Å². The van der Waals surface area contributed by atoms with Crippen LogP contribution in [0.15, 0.2) is 97.6 Å². The molecule has 1 saturated heterocycles. The van der Waals surface area contributed by atoms with Gasteiger partial charge in [0.2, 0.25) is 0 Å². The molecule has 0 aromatic heterocycles. The van der Waals surface area contributed by atoms with Crippen LogP contribution in [0.5, 0.6) is 0 Å². The predicted octanol–water partition coefficient (Wildman–Crippen LogP) is 7.02. The molecule has 0 spiro atoms. The van der Waals surface area contributed by atoms with Gasteiger partial charge in [-0.1, -0.05) is 66.7 Å². The van der Waals surface area contributed by atoms with Crippen LogP contribution in [0.2, 0.25) is 0 Å². The van der Waals surface area contributed by atoms with Crippen molar-refractivity contribution in [3.05, 3.63) is 124 Å². The Kier molecular flexibility index (Phi) is 11.4. The molecule has 0 saturated carbocycles. The third-order valence-electron chi connectivity index (χ3n) is 7.95. The van der Waals surface area contributed by atoms with Gasteiger partial charge < -0.3 is 14.5 Å². The summed E-state index contributed by atoms with van der Waals surface area (Å²) in [5, 5.41) is 10.9. The number of amides is 1. The van der Waals surface area contributed by atoms with E-state index in [0.29, 0.717) is 24.4 Å².